The van der Waals surface area contributed by atoms with Gasteiger partial charge in [0.15, 0.2) is 0 Å². The molecule has 138 valence electrons. The fourth-order valence-corrected chi connectivity index (χ4v) is 3.26. The van der Waals surface area contributed by atoms with Gasteiger partial charge in [-0.1, -0.05) is 26.2 Å². The van der Waals surface area contributed by atoms with Crippen molar-refractivity contribution in [1.29, 1.82) is 0 Å². The van der Waals surface area contributed by atoms with Crippen LogP contribution in [0.5, 0.6) is 5.75 Å². The highest BCUT2D eigenvalue weighted by Gasteiger charge is 2.44. The van der Waals surface area contributed by atoms with Crippen LogP contribution in [-0.2, 0) is 9.59 Å². The molecule has 1 N–H and O–H groups in total. The monoisotopic (exact) mass is 358 g/mol. The quantitative estimate of drug-likeness (QED) is 0.595. The smallest absolute Gasteiger partial charge is 0.262 e. The average Bonchev–Trinajstić information content (AvgIpc) is 2.86. The summed E-state index contributed by atoms with van der Waals surface area (Å²) in [6.45, 7) is 2.69. The van der Waals surface area contributed by atoms with E-state index in [1.807, 2.05) is 0 Å². The first-order valence-electron chi connectivity index (χ1n) is 9.01. The van der Waals surface area contributed by atoms with E-state index in [0.29, 0.717) is 12.4 Å². The van der Waals surface area contributed by atoms with Crippen molar-refractivity contribution in [2.75, 3.05) is 6.61 Å². The van der Waals surface area contributed by atoms with Crippen LogP contribution >= 0.6 is 0 Å². The van der Waals surface area contributed by atoms with E-state index >= 15 is 0 Å². The van der Waals surface area contributed by atoms with Crippen LogP contribution in [0.3, 0.4) is 0 Å². The largest absolute Gasteiger partial charge is 0.494 e. The van der Waals surface area contributed by atoms with E-state index in [0.717, 1.165) is 30.6 Å². The zero-order chi connectivity index (χ0) is 18.7. The molecule has 0 spiro atoms. The van der Waals surface area contributed by atoms with Crippen LogP contribution in [0.25, 0.3) is 0 Å². The Morgan fingerprint density at radius 3 is 2.58 bits per heavy atom. The molecule has 0 radical (unpaired) electrons. The number of nitrogens with one attached hydrogen (secondary N) is 1. The number of carbonyl (C=O) groups is 4. The van der Waals surface area contributed by atoms with Crippen molar-refractivity contribution < 1.29 is 23.9 Å². The number of rotatable bonds is 7. The van der Waals surface area contributed by atoms with Crippen molar-refractivity contribution in [3.63, 3.8) is 0 Å². The molecule has 1 aromatic carbocycles. The maximum absolute atomic E-state index is 12.7. The molecule has 0 bridgehead atoms. The lowest BCUT2D eigenvalue weighted by molar-refractivity contribution is -0.136. The minimum atomic E-state index is -0.946. The summed E-state index contributed by atoms with van der Waals surface area (Å²) in [5, 5.41) is 2.18. The van der Waals surface area contributed by atoms with Crippen LogP contribution in [0.4, 0.5) is 0 Å². The first-order chi connectivity index (χ1) is 12.5. The summed E-state index contributed by atoms with van der Waals surface area (Å²) in [6, 6.07) is 3.83. The SMILES string of the molecule is CCCCCCOc1ccc2c(c1)C(=O)N(C1CCC(=O)NC1=O)C2=O. The van der Waals surface area contributed by atoms with Gasteiger partial charge in [-0.25, -0.2) is 0 Å². The second-order valence-electron chi connectivity index (χ2n) is 6.56. The molecule has 1 aromatic rings. The maximum atomic E-state index is 12.7. The van der Waals surface area contributed by atoms with Crippen LogP contribution in [-0.4, -0.2) is 41.2 Å². The summed E-state index contributed by atoms with van der Waals surface area (Å²) in [4.78, 5) is 49.5. The molecule has 0 aliphatic carbocycles. The van der Waals surface area contributed by atoms with E-state index in [1.165, 1.54) is 0 Å². The molecule has 7 heteroatoms. The van der Waals surface area contributed by atoms with Gasteiger partial charge in [0.25, 0.3) is 11.8 Å². The summed E-state index contributed by atoms with van der Waals surface area (Å²) in [7, 11) is 0. The van der Waals surface area contributed by atoms with Crippen LogP contribution < -0.4 is 10.1 Å². The minimum Gasteiger partial charge on any atom is -0.494 e. The summed E-state index contributed by atoms with van der Waals surface area (Å²) in [5.74, 6) is -1.48. The molecule has 26 heavy (non-hydrogen) atoms. The van der Waals surface area contributed by atoms with Gasteiger partial charge in [-0.3, -0.25) is 29.4 Å². The topological polar surface area (TPSA) is 92.8 Å². The van der Waals surface area contributed by atoms with Gasteiger partial charge in [0, 0.05) is 6.42 Å². The van der Waals surface area contributed by atoms with Gasteiger partial charge in [0.2, 0.25) is 11.8 Å². The van der Waals surface area contributed by atoms with Gasteiger partial charge >= 0.3 is 0 Å². The number of imide groups is 2. The number of unbranched alkanes of at least 4 members (excludes halogenated alkanes) is 3. The molecule has 1 fully saturated rings. The van der Waals surface area contributed by atoms with Gasteiger partial charge in [-0.05, 0) is 31.0 Å². The lowest BCUT2D eigenvalue weighted by atomic mass is 10.0. The fraction of sp³-hybridized carbons (Fsp3) is 0.474. The molecule has 7 nitrogen and oxygen atoms in total. The normalized spacial score (nSPS) is 19.6. The number of hydrogen-bond acceptors (Lipinski definition) is 5. The number of piperidine rings is 1. The van der Waals surface area contributed by atoms with E-state index in [-0.39, 0.29) is 29.9 Å². The van der Waals surface area contributed by atoms with E-state index in [1.54, 1.807) is 18.2 Å². The third-order valence-corrected chi connectivity index (χ3v) is 4.68. The molecule has 2 aliphatic heterocycles. The molecule has 1 atom stereocenters. The van der Waals surface area contributed by atoms with Crippen molar-refractivity contribution in [2.24, 2.45) is 0 Å². The second kappa shape index (κ2) is 7.68. The van der Waals surface area contributed by atoms with Crippen molar-refractivity contribution in [3.05, 3.63) is 29.3 Å². The number of amides is 4. The van der Waals surface area contributed by atoms with E-state index in [9.17, 15) is 19.2 Å². The second-order valence-corrected chi connectivity index (χ2v) is 6.56. The number of benzene rings is 1. The Hall–Kier alpha value is -2.70. The van der Waals surface area contributed by atoms with Crippen molar-refractivity contribution in [3.8, 4) is 5.75 Å². The number of hydrogen-bond donors (Lipinski definition) is 1. The van der Waals surface area contributed by atoms with Gasteiger partial charge < -0.3 is 4.74 Å². The van der Waals surface area contributed by atoms with Gasteiger partial charge in [0.1, 0.15) is 11.8 Å². The molecule has 3 rings (SSSR count). The summed E-state index contributed by atoms with van der Waals surface area (Å²) >= 11 is 0. The Kier molecular flexibility index (Phi) is 5.35. The Bertz CT molecular complexity index is 758. The van der Waals surface area contributed by atoms with E-state index < -0.39 is 23.8 Å². The van der Waals surface area contributed by atoms with Crippen molar-refractivity contribution in [2.45, 2.75) is 51.5 Å². The first kappa shape index (κ1) is 18.1. The fourth-order valence-electron chi connectivity index (χ4n) is 3.26. The van der Waals surface area contributed by atoms with Gasteiger partial charge in [-0.2, -0.15) is 0 Å². The predicted octanol–water partition coefficient (Wildman–Crippen LogP) is 2.05. The van der Waals surface area contributed by atoms with E-state index in [2.05, 4.69) is 12.2 Å². The molecule has 0 aromatic heterocycles. The molecule has 2 heterocycles. The zero-order valence-electron chi connectivity index (χ0n) is 14.7. The number of carbonyl (C=O) groups excluding carboxylic acids is 4. The molecule has 1 unspecified atom stereocenters. The minimum absolute atomic E-state index is 0.107. The molecule has 0 saturated carbocycles. The number of nitrogens with zero attached hydrogens (tertiary/aromatic N) is 1. The zero-order valence-corrected chi connectivity index (χ0v) is 14.7. The highest BCUT2D eigenvalue weighted by Crippen LogP contribution is 2.30. The number of ether oxygens (including phenoxy) is 1. The maximum Gasteiger partial charge on any atom is 0.262 e. The Morgan fingerprint density at radius 2 is 1.85 bits per heavy atom. The Morgan fingerprint density at radius 1 is 1.08 bits per heavy atom. The highest BCUT2D eigenvalue weighted by atomic mass is 16.5. The molecule has 4 amide bonds. The Labute approximate surface area is 151 Å². The third kappa shape index (κ3) is 3.47. The number of fused-ring (bicyclic) bond motifs is 1. The predicted molar refractivity (Wildman–Crippen MR) is 92.8 cm³/mol. The standard InChI is InChI=1S/C19H22N2O5/c1-2-3-4-5-10-26-12-6-7-13-14(11-12)19(25)21(18(13)24)15-8-9-16(22)20-17(15)23/h6-7,11,15H,2-5,8-10H2,1H3,(H,20,22,23). The lowest BCUT2D eigenvalue weighted by Crippen LogP contribution is -2.54. The van der Waals surface area contributed by atoms with Crippen LogP contribution in [0.1, 0.15) is 66.2 Å². The summed E-state index contributed by atoms with van der Waals surface area (Å²) in [5.41, 5.74) is 0.504. The van der Waals surface area contributed by atoms with Crippen LogP contribution in [0.15, 0.2) is 18.2 Å². The molecule has 1 saturated heterocycles. The lowest BCUT2D eigenvalue weighted by Gasteiger charge is -2.27. The van der Waals surface area contributed by atoms with Crippen LogP contribution in [0.2, 0.25) is 0 Å². The third-order valence-electron chi connectivity index (χ3n) is 4.68. The van der Waals surface area contributed by atoms with E-state index in [4.69, 9.17) is 4.74 Å². The van der Waals surface area contributed by atoms with Crippen LogP contribution in [0, 0.1) is 0 Å². The van der Waals surface area contributed by atoms with Gasteiger partial charge in [-0.15, -0.1) is 0 Å². The molecule has 2 aliphatic rings. The Balaban J connectivity index is 1.71. The molecular weight excluding hydrogens is 336 g/mol. The first-order valence-corrected chi connectivity index (χ1v) is 9.01. The van der Waals surface area contributed by atoms with Gasteiger partial charge in [0.05, 0.1) is 17.7 Å². The van der Waals surface area contributed by atoms with Crippen molar-refractivity contribution >= 4 is 23.6 Å². The average molecular weight is 358 g/mol. The van der Waals surface area contributed by atoms with Crippen molar-refractivity contribution in [1.82, 2.24) is 10.2 Å². The summed E-state index contributed by atoms with van der Waals surface area (Å²) in [6.07, 6.45) is 4.57. The molecular formula is C19H22N2O5. The summed E-state index contributed by atoms with van der Waals surface area (Å²) < 4.78 is 5.67. The highest BCUT2D eigenvalue weighted by molar-refractivity contribution is 6.23.